The third kappa shape index (κ3) is 4.61. The molecule has 1 aromatic heterocycles. The predicted molar refractivity (Wildman–Crippen MR) is 125 cm³/mol. The number of anilines is 1. The summed E-state index contributed by atoms with van der Waals surface area (Å²) in [7, 11) is -3.52. The summed E-state index contributed by atoms with van der Waals surface area (Å²) in [6, 6.07) is 19.5. The zero-order valence-electron chi connectivity index (χ0n) is 17.3. The molecule has 0 radical (unpaired) electrons. The first kappa shape index (κ1) is 21.9. The second-order valence-corrected chi connectivity index (χ2v) is 10.3. The van der Waals surface area contributed by atoms with Gasteiger partial charge in [0.05, 0.1) is 15.5 Å². The van der Waals surface area contributed by atoms with Gasteiger partial charge in [0.1, 0.15) is 5.82 Å². The number of nitrogens with one attached hydrogen (secondary N) is 1. The molecule has 1 heterocycles. The summed E-state index contributed by atoms with van der Waals surface area (Å²) in [5, 5.41) is 3.11. The minimum absolute atomic E-state index is 0.156. The number of carbonyl (C=O) groups excluding carboxylic acids is 1. The zero-order valence-corrected chi connectivity index (χ0v) is 18.9. The summed E-state index contributed by atoms with van der Waals surface area (Å²) in [6.07, 6.45) is 1.14. The standard InChI is InChI=1S/C24H19FN2O3S2/c1-15-7-9-17(10-8-15)23(28)27-24-26-21(16-11-13-18(25)14-12-16)22(31-24)19-5-3-4-6-20(19)32(2,29)30/h3-14H,1-2H3,(H,26,27,28). The molecule has 32 heavy (non-hydrogen) atoms. The highest BCUT2D eigenvalue weighted by Gasteiger charge is 2.22. The molecule has 4 rings (SSSR count). The SMILES string of the molecule is Cc1ccc(C(=O)Nc2nc(-c3ccc(F)cc3)c(-c3ccccc3S(C)(=O)=O)s2)cc1. The Labute approximate surface area is 189 Å². The molecule has 0 saturated heterocycles. The lowest BCUT2D eigenvalue weighted by Crippen LogP contribution is -2.11. The average Bonchev–Trinajstić information content (AvgIpc) is 3.17. The Hall–Kier alpha value is -3.36. The number of halogens is 1. The van der Waals surface area contributed by atoms with Crippen molar-refractivity contribution in [1.29, 1.82) is 0 Å². The Balaban J connectivity index is 1.82. The number of benzene rings is 3. The molecule has 0 aliphatic carbocycles. The highest BCUT2D eigenvalue weighted by atomic mass is 32.2. The van der Waals surface area contributed by atoms with Crippen LogP contribution in [-0.4, -0.2) is 25.6 Å². The summed E-state index contributed by atoms with van der Waals surface area (Å²) < 4.78 is 38.2. The van der Waals surface area contributed by atoms with Crippen LogP contribution < -0.4 is 5.32 Å². The van der Waals surface area contributed by atoms with Crippen molar-refractivity contribution in [2.45, 2.75) is 11.8 Å². The molecule has 1 N–H and O–H groups in total. The monoisotopic (exact) mass is 466 g/mol. The Bertz CT molecular complexity index is 1390. The molecule has 0 bridgehead atoms. The van der Waals surface area contributed by atoms with Crippen LogP contribution in [0.1, 0.15) is 15.9 Å². The Morgan fingerprint density at radius 2 is 1.62 bits per heavy atom. The fraction of sp³-hybridized carbons (Fsp3) is 0.0833. The number of amides is 1. The van der Waals surface area contributed by atoms with E-state index < -0.39 is 15.7 Å². The van der Waals surface area contributed by atoms with Crippen molar-refractivity contribution in [2.24, 2.45) is 0 Å². The molecule has 8 heteroatoms. The van der Waals surface area contributed by atoms with E-state index in [9.17, 15) is 17.6 Å². The van der Waals surface area contributed by atoms with E-state index in [1.54, 1.807) is 42.5 Å². The molecule has 162 valence electrons. The highest BCUT2D eigenvalue weighted by molar-refractivity contribution is 7.90. The topological polar surface area (TPSA) is 76.1 Å². The summed E-state index contributed by atoms with van der Waals surface area (Å²) in [5.74, 6) is -0.720. The maximum absolute atomic E-state index is 13.5. The predicted octanol–water partition coefficient (Wildman–Crippen LogP) is 5.58. The van der Waals surface area contributed by atoms with Crippen LogP contribution in [-0.2, 0) is 9.84 Å². The fourth-order valence-corrected chi connectivity index (χ4v) is 5.19. The molecule has 5 nitrogen and oxygen atoms in total. The van der Waals surface area contributed by atoms with Gasteiger partial charge in [0.15, 0.2) is 15.0 Å². The second kappa shape index (κ2) is 8.64. The van der Waals surface area contributed by atoms with Gasteiger partial charge >= 0.3 is 0 Å². The van der Waals surface area contributed by atoms with E-state index >= 15 is 0 Å². The van der Waals surface area contributed by atoms with Crippen LogP contribution in [0.3, 0.4) is 0 Å². The van der Waals surface area contributed by atoms with Gasteiger partial charge in [0.25, 0.3) is 5.91 Å². The Morgan fingerprint density at radius 1 is 0.969 bits per heavy atom. The minimum atomic E-state index is -3.52. The number of thiazole rings is 1. The summed E-state index contributed by atoms with van der Waals surface area (Å²) in [5.41, 5.74) is 3.06. The molecule has 0 unspecified atom stereocenters. The average molecular weight is 467 g/mol. The smallest absolute Gasteiger partial charge is 0.257 e. The van der Waals surface area contributed by atoms with Gasteiger partial charge in [-0.15, -0.1) is 0 Å². The molecule has 0 aliphatic rings. The zero-order chi connectivity index (χ0) is 22.9. The van der Waals surface area contributed by atoms with Crippen molar-refractivity contribution in [3.63, 3.8) is 0 Å². The van der Waals surface area contributed by atoms with Gasteiger partial charge in [-0.05, 0) is 49.4 Å². The van der Waals surface area contributed by atoms with Crippen LogP contribution in [0, 0.1) is 12.7 Å². The van der Waals surface area contributed by atoms with E-state index in [0.717, 1.165) is 11.8 Å². The van der Waals surface area contributed by atoms with Gasteiger partial charge in [0.2, 0.25) is 0 Å². The number of carbonyl (C=O) groups is 1. The molecule has 0 saturated carbocycles. The molecule has 0 aliphatic heterocycles. The van der Waals surface area contributed by atoms with Crippen molar-refractivity contribution in [3.8, 4) is 21.7 Å². The maximum atomic E-state index is 13.5. The van der Waals surface area contributed by atoms with Crippen LogP contribution in [0.15, 0.2) is 77.7 Å². The summed E-state index contributed by atoms with van der Waals surface area (Å²) in [4.78, 5) is 18.0. The van der Waals surface area contributed by atoms with Crippen LogP contribution in [0.2, 0.25) is 0 Å². The third-order valence-corrected chi connectivity index (χ3v) is 6.97. The van der Waals surface area contributed by atoms with E-state index in [1.165, 1.54) is 29.5 Å². The van der Waals surface area contributed by atoms with Crippen molar-refractivity contribution < 1.29 is 17.6 Å². The number of nitrogens with zero attached hydrogens (tertiary/aromatic N) is 1. The van der Waals surface area contributed by atoms with Crippen LogP contribution in [0.4, 0.5) is 9.52 Å². The van der Waals surface area contributed by atoms with E-state index in [0.29, 0.717) is 32.4 Å². The van der Waals surface area contributed by atoms with Crippen LogP contribution in [0.25, 0.3) is 21.7 Å². The first-order valence-corrected chi connectivity index (χ1v) is 12.4. The Kier molecular flexibility index (Phi) is 5.90. The van der Waals surface area contributed by atoms with Crippen molar-refractivity contribution in [2.75, 3.05) is 11.6 Å². The minimum Gasteiger partial charge on any atom is -0.298 e. The van der Waals surface area contributed by atoms with Gasteiger partial charge in [-0.3, -0.25) is 10.1 Å². The number of rotatable bonds is 5. The van der Waals surface area contributed by atoms with Crippen molar-refractivity contribution in [1.82, 2.24) is 4.98 Å². The van der Waals surface area contributed by atoms with Crippen molar-refractivity contribution >= 4 is 32.2 Å². The van der Waals surface area contributed by atoms with Crippen LogP contribution in [0.5, 0.6) is 0 Å². The first-order chi connectivity index (χ1) is 15.2. The molecule has 0 atom stereocenters. The maximum Gasteiger partial charge on any atom is 0.257 e. The lowest BCUT2D eigenvalue weighted by Gasteiger charge is -2.08. The molecule has 1 amide bonds. The number of sulfone groups is 1. The van der Waals surface area contributed by atoms with Crippen LogP contribution >= 0.6 is 11.3 Å². The molecule has 0 fully saturated rings. The van der Waals surface area contributed by atoms with E-state index in [4.69, 9.17) is 0 Å². The normalized spacial score (nSPS) is 11.3. The largest absolute Gasteiger partial charge is 0.298 e. The van der Waals surface area contributed by atoms with Crippen molar-refractivity contribution in [3.05, 3.63) is 89.7 Å². The lowest BCUT2D eigenvalue weighted by molar-refractivity contribution is 0.102. The van der Waals surface area contributed by atoms with Gasteiger partial charge in [-0.1, -0.05) is 47.2 Å². The lowest BCUT2D eigenvalue weighted by atomic mass is 10.1. The molecule has 4 aromatic rings. The molecular weight excluding hydrogens is 447 g/mol. The summed E-state index contributed by atoms with van der Waals surface area (Å²) >= 11 is 1.17. The van der Waals surface area contributed by atoms with Gasteiger partial charge in [-0.2, -0.15) is 0 Å². The number of hydrogen-bond donors (Lipinski definition) is 1. The highest BCUT2D eigenvalue weighted by Crippen LogP contribution is 2.41. The first-order valence-electron chi connectivity index (χ1n) is 9.66. The fourth-order valence-electron chi connectivity index (χ4n) is 3.21. The number of aryl methyl sites for hydroxylation is 1. The van der Waals surface area contributed by atoms with E-state index in [-0.39, 0.29) is 10.8 Å². The number of aromatic nitrogens is 1. The van der Waals surface area contributed by atoms with Gasteiger partial charge in [-0.25, -0.2) is 17.8 Å². The number of hydrogen-bond acceptors (Lipinski definition) is 5. The van der Waals surface area contributed by atoms with Gasteiger partial charge in [0, 0.05) is 22.9 Å². The quantitative estimate of drug-likeness (QED) is 0.417. The second-order valence-electron chi connectivity index (χ2n) is 7.29. The molecule has 0 spiro atoms. The van der Waals surface area contributed by atoms with Gasteiger partial charge < -0.3 is 0 Å². The van der Waals surface area contributed by atoms with E-state index in [2.05, 4.69) is 10.3 Å². The molecule has 3 aromatic carbocycles. The molecular formula is C24H19FN2O3S2. The Morgan fingerprint density at radius 3 is 2.28 bits per heavy atom. The third-order valence-electron chi connectivity index (χ3n) is 4.81. The summed E-state index contributed by atoms with van der Waals surface area (Å²) in [6.45, 7) is 1.93. The van der Waals surface area contributed by atoms with E-state index in [1.807, 2.05) is 19.1 Å².